The molecule has 1 saturated carbocycles. The number of aliphatic imine (C=N–C) groups is 1. The van der Waals surface area contributed by atoms with Gasteiger partial charge in [0.05, 0.1) is 12.2 Å². The molecule has 0 radical (unpaired) electrons. The Bertz CT molecular complexity index is 1680. The summed E-state index contributed by atoms with van der Waals surface area (Å²) in [5, 5.41) is 13.7. The summed E-state index contributed by atoms with van der Waals surface area (Å²) >= 11 is 0. The van der Waals surface area contributed by atoms with E-state index in [2.05, 4.69) is 77.4 Å². The minimum atomic E-state index is -0.568. The summed E-state index contributed by atoms with van der Waals surface area (Å²) < 4.78 is 11.0. The van der Waals surface area contributed by atoms with E-state index in [-0.39, 0.29) is 12.2 Å². The van der Waals surface area contributed by atoms with Crippen molar-refractivity contribution in [1.82, 2.24) is 10.1 Å². The van der Waals surface area contributed by atoms with E-state index >= 15 is 0 Å². The molecule has 1 aliphatic carbocycles. The fourth-order valence-electron chi connectivity index (χ4n) is 6.20. The zero-order chi connectivity index (χ0) is 30.5. The zero-order valence-electron chi connectivity index (χ0n) is 25.5. The van der Waals surface area contributed by atoms with E-state index in [9.17, 15) is 9.90 Å². The van der Waals surface area contributed by atoms with Gasteiger partial charge in [-0.1, -0.05) is 74.0 Å². The van der Waals surface area contributed by atoms with E-state index in [1.54, 1.807) is 0 Å². The lowest BCUT2D eigenvalue weighted by Crippen LogP contribution is -2.36. The predicted octanol–water partition coefficient (Wildman–Crippen LogP) is 7.30. The third kappa shape index (κ3) is 6.70. The van der Waals surface area contributed by atoms with Crippen molar-refractivity contribution < 1.29 is 14.4 Å². The summed E-state index contributed by atoms with van der Waals surface area (Å²) in [6.45, 7) is 5.17. The Morgan fingerprint density at radius 1 is 0.955 bits per heavy atom. The number of aliphatic hydroxyl groups excluding tert-OH is 1. The maximum atomic E-state index is 11.6. The molecule has 0 unspecified atom stereocenters. The Hall–Kier alpha value is -4.43. The van der Waals surface area contributed by atoms with Gasteiger partial charge in [-0.15, -0.1) is 0 Å². The number of aliphatic hydroxyl groups is 1. The quantitative estimate of drug-likeness (QED) is 0.200. The van der Waals surface area contributed by atoms with Gasteiger partial charge in [-0.25, -0.2) is 9.79 Å². The second-order valence-electron chi connectivity index (χ2n) is 11.7. The van der Waals surface area contributed by atoms with Crippen LogP contribution >= 0.6 is 0 Å². The summed E-state index contributed by atoms with van der Waals surface area (Å²) in [7, 11) is 0. The number of anilines is 1. The molecule has 0 amide bonds. The zero-order valence-corrected chi connectivity index (χ0v) is 25.5. The van der Waals surface area contributed by atoms with Gasteiger partial charge in [0.2, 0.25) is 0 Å². The first kappa shape index (κ1) is 29.6. The van der Waals surface area contributed by atoms with Crippen LogP contribution in [0.15, 0.2) is 98.4 Å². The number of hydrogen-bond acceptors (Lipinski definition) is 7. The highest BCUT2D eigenvalue weighted by molar-refractivity contribution is 5.99. The van der Waals surface area contributed by atoms with Crippen LogP contribution in [-0.2, 0) is 6.42 Å². The maximum Gasteiger partial charge on any atom is 0.439 e. The van der Waals surface area contributed by atoms with Crippen molar-refractivity contribution in [3.05, 3.63) is 100 Å². The van der Waals surface area contributed by atoms with Gasteiger partial charge in [0.1, 0.15) is 11.6 Å². The summed E-state index contributed by atoms with van der Waals surface area (Å²) in [4.78, 5) is 21.7. The molecule has 8 nitrogen and oxygen atoms in total. The monoisotopic (exact) mass is 592 g/mol. The van der Waals surface area contributed by atoms with Crippen LogP contribution in [0.3, 0.4) is 0 Å². The molecule has 6 rings (SSSR count). The van der Waals surface area contributed by atoms with Crippen LogP contribution in [0.25, 0.3) is 22.5 Å². The van der Waals surface area contributed by atoms with Crippen LogP contribution in [0.2, 0.25) is 0 Å². The van der Waals surface area contributed by atoms with Crippen LogP contribution in [0.4, 0.5) is 5.69 Å². The number of rotatable bonds is 10. The highest BCUT2D eigenvalue weighted by atomic mass is 16.5. The molecule has 0 atom stereocenters. The van der Waals surface area contributed by atoms with Gasteiger partial charge in [-0.3, -0.25) is 9.51 Å². The van der Waals surface area contributed by atoms with Crippen molar-refractivity contribution in [2.45, 2.75) is 77.4 Å². The first-order chi connectivity index (χ1) is 21.5. The second kappa shape index (κ2) is 13.5. The first-order valence-electron chi connectivity index (χ1n) is 15.8. The largest absolute Gasteiger partial charge is 0.490 e. The van der Waals surface area contributed by atoms with Gasteiger partial charge in [0, 0.05) is 29.9 Å². The van der Waals surface area contributed by atoms with E-state index in [1.807, 2.05) is 24.3 Å². The van der Waals surface area contributed by atoms with E-state index in [1.165, 1.54) is 16.8 Å². The average molecular weight is 593 g/mol. The van der Waals surface area contributed by atoms with Crippen LogP contribution in [-0.4, -0.2) is 39.8 Å². The van der Waals surface area contributed by atoms with Crippen molar-refractivity contribution in [2.75, 3.05) is 11.4 Å². The predicted molar refractivity (Wildman–Crippen MR) is 174 cm³/mol. The van der Waals surface area contributed by atoms with Crippen LogP contribution in [0.1, 0.15) is 64.4 Å². The summed E-state index contributed by atoms with van der Waals surface area (Å²) in [5.74, 6) is 1.82. The molecule has 4 aromatic rings. The van der Waals surface area contributed by atoms with Gasteiger partial charge in [0.25, 0.3) is 0 Å². The van der Waals surface area contributed by atoms with Crippen molar-refractivity contribution in [1.29, 1.82) is 0 Å². The fraction of sp³-hybridized carbons (Fsp3) is 0.361. The Kier molecular flexibility index (Phi) is 9.07. The van der Waals surface area contributed by atoms with E-state index in [0.717, 1.165) is 91.9 Å². The van der Waals surface area contributed by atoms with Gasteiger partial charge in [0.15, 0.2) is 5.82 Å². The average Bonchev–Trinajstić information content (AvgIpc) is 3.49. The van der Waals surface area contributed by atoms with Crippen molar-refractivity contribution in [3.63, 3.8) is 0 Å². The van der Waals surface area contributed by atoms with Crippen LogP contribution < -0.4 is 15.4 Å². The topological polar surface area (TPSA) is 104 Å². The number of hydrogen-bond donors (Lipinski definition) is 2. The van der Waals surface area contributed by atoms with Gasteiger partial charge >= 0.3 is 5.76 Å². The number of nitrogens with zero attached hydrogens (tertiary/aromatic N) is 3. The molecule has 2 aliphatic rings. The highest BCUT2D eigenvalue weighted by Crippen LogP contribution is 2.33. The molecule has 1 aliphatic heterocycles. The van der Waals surface area contributed by atoms with Crippen molar-refractivity contribution >= 4 is 11.5 Å². The van der Waals surface area contributed by atoms with Crippen molar-refractivity contribution in [2.24, 2.45) is 4.99 Å². The smallest absolute Gasteiger partial charge is 0.439 e. The lowest BCUT2D eigenvalue weighted by Gasteiger charge is -2.32. The number of H-pyrrole nitrogens is 1. The molecule has 0 spiro atoms. The van der Waals surface area contributed by atoms with Crippen molar-refractivity contribution in [3.8, 4) is 28.3 Å². The second-order valence-corrected chi connectivity index (χ2v) is 11.7. The maximum absolute atomic E-state index is 11.6. The van der Waals surface area contributed by atoms with E-state index in [4.69, 9.17) is 14.3 Å². The third-order valence-electron chi connectivity index (χ3n) is 8.54. The van der Waals surface area contributed by atoms with Crippen LogP contribution in [0.5, 0.6) is 5.75 Å². The number of benzene rings is 3. The van der Waals surface area contributed by atoms with Crippen LogP contribution in [0, 0.1) is 0 Å². The molecular formula is C36H40N4O4. The molecule has 2 N–H and O–H groups in total. The fourth-order valence-corrected chi connectivity index (χ4v) is 6.20. The number of aromatic amines is 1. The molecule has 44 heavy (non-hydrogen) atoms. The van der Waals surface area contributed by atoms with Gasteiger partial charge in [-0.05, 0) is 85.1 Å². The minimum absolute atomic E-state index is 0.171. The normalized spacial score (nSPS) is 18.8. The summed E-state index contributed by atoms with van der Waals surface area (Å²) in [5.41, 5.74) is 7.70. The lowest BCUT2D eigenvalue weighted by atomic mass is 9.95. The molecule has 2 heterocycles. The number of allylic oxidation sites excluding steroid dienone is 1. The minimum Gasteiger partial charge on any atom is -0.490 e. The van der Waals surface area contributed by atoms with E-state index < -0.39 is 5.76 Å². The summed E-state index contributed by atoms with van der Waals surface area (Å²) in [6, 6.07) is 24.8. The molecule has 1 fully saturated rings. The summed E-state index contributed by atoms with van der Waals surface area (Å²) in [6.07, 6.45) is 7.07. The standard InChI is InChI=1S/C36H40N4O4/c1-3-7-33-26(22-24-10-12-25(13-11-24)31-8-5-6-9-32(31)35-38-36(42)44-39-35)23-40(34(4-2)37-33)27-14-18-29(19-15-27)43-30-20-16-28(41)17-21-30/h5-6,8-15,18-19,28,30,41H,3-4,7,16-17,20-23H2,1-2H3,(H,38,39,42)/t28-,30-. The lowest BCUT2D eigenvalue weighted by molar-refractivity contribution is 0.0666. The Morgan fingerprint density at radius 3 is 2.34 bits per heavy atom. The molecule has 0 bridgehead atoms. The molecule has 0 saturated heterocycles. The Balaban J connectivity index is 1.20. The third-order valence-corrected chi connectivity index (χ3v) is 8.54. The number of aromatic nitrogens is 2. The molecule has 228 valence electrons. The molecule has 8 heteroatoms. The SMILES string of the molecule is CCCC1=C(Cc2ccc(-c3ccccc3-c3noc(=O)[nH]3)cc2)CN(c2ccc(O[C@H]3CC[C@H](O)CC3)cc2)C(CC)=N1. The van der Waals surface area contributed by atoms with E-state index in [0.29, 0.717) is 5.82 Å². The van der Waals surface area contributed by atoms with Gasteiger partial charge < -0.3 is 14.7 Å². The Labute approximate surface area is 258 Å². The number of ether oxygens (including phenoxy) is 1. The first-order valence-corrected chi connectivity index (χ1v) is 15.8. The molecule has 1 aromatic heterocycles. The molecule has 3 aromatic carbocycles. The number of nitrogens with one attached hydrogen (secondary N) is 1. The molecular weight excluding hydrogens is 552 g/mol. The Morgan fingerprint density at radius 2 is 1.68 bits per heavy atom. The van der Waals surface area contributed by atoms with Gasteiger partial charge in [-0.2, -0.15) is 0 Å². The number of amidine groups is 1. The highest BCUT2D eigenvalue weighted by Gasteiger charge is 2.24.